The summed E-state index contributed by atoms with van der Waals surface area (Å²) in [4.78, 5) is 25.4. The number of sulfonamides is 1. The van der Waals surface area contributed by atoms with E-state index in [9.17, 15) is 18.0 Å². The first-order chi connectivity index (χ1) is 12.9. The number of ketones is 1. The van der Waals surface area contributed by atoms with Crippen molar-refractivity contribution in [2.24, 2.45) is 0 Å². The van der Waals surface area contributed by atoms with E-state index in [4.69, 9.17) is 0 Å². The number of Topliss-reactive ketones (excluding diaryl/α,β-unsaturated/α-hetero) is 1. The molecule has 0 aromatic heterocycles. The summed E-state index contributed by atoms with van der Waals surface area (Å²) in [5.41, 5.74) is 1.17. The molecular weight excluding hydrogens is 366 g/mol. The molecule has 1 aliphatic heterocycles. The zero-order valence-corrected chi connectivity index (χ0v) is 15.8. The summed E-state index contributed by atoms with van der Waals surface area (Å²) in [7, 11) is -3.65. The minimum Gasteiger partial charge on any atom is -0.322 e. The van der Waals surface area contributed by atoms with Crippen molar-refractivity contribution in [2.45, 2.75) is 11.8 Å². The maximum absolute atomic E-state index is 12.8. The van der Waals surface area contributed by atoms with Gasteiger partial charge >= 0.3 is 6.03 Å². The molecule has 7 nitrogen and oxygen atoms in total. The molecule has 0 unspecified atom stereocenters. The van der Waals surface area contributed by atoms with Crippen LogP contribution in [0.4, 0.5) is 10.5 Å². The smallest absolute Gasteiger partial charge is 0.321 e. The van der Waals surface area contributed by atoms with Gasteiger partial charge in [-0.1, -0.05) is 30.3 Å². The molecule has 8 heteroatoms. The monoisotopic (exact) mass is 387 g/mol. The van der Waals surface area contributed by atoms with Crippen LogP contribution in [0.15, 0.2) is 59.5 Å². The molecule has 0 atom stereocenters. The van der Waals surface area contributed by atoms with Crippen LogP contribution in [0.3, 0.4) is 0 Å². The van der Waals surface area contributed by atoms with E-state index in [1.54, 1.807) is 17.0 Å². The van der Waals surface area contributed by atoms with Crippen LogP contribution in [0.25, 0.3) is 0 Å². The van der Waals surface area contributed by atoms with Crippen molar-refractivity contribution in [1.82, 2.24) is 9.21 Å². The number of rotatable bonds is 4. The van der Waals surface area contributed by atoms with Crippen LogP contribution in [-0.2, 0) is 10.0 Å². The third-order valence-electron chi connectivity index (χ3n) is 4.45. The summed E-state index contributed by atoms with van der Waals surface area (Å²) in [5.74, 6) is -0.114. The Morgan fingerprint density at radius 1 is 0.889 bits per heavy atom. The highest BCUT2D eigenvalue weighted by Gasteiger charge is 2.30. The third-order valence-corrected chi connectivity index (χ3v) is 6.36. The molecule has 1 heterocycles. The van der Waals surface area contributed by atoms with Crippen molar-refractivity contribution >= 4 is 27.5 Å². The largest absolute Gasteiger partial charge is 0.322 e. The molecule has 2 aromatic carbocycles. The van der Waals surface area contributed by atoms with E-state index in [-0.39, 0.29) is 29.8 Å². The number of hydrogen-bond acceptors (Lipinski definition) is 4. The molecule has 142 valence electrons. The predicted octanol–water partition coefficient (Wildman–Crippen LogP) is 2.43. The van der Waals surface area contributed by atoms with E-state index in [1.807, 2.05) is 18.2 Å². The quantitative estimate of drug-likeness (QED) is 0.817. The Morgan fingerprint density at radius 3 is 2.04 bits per heavy atom. The SMILES string of the molecule is CC(=O)c1ccc(S(=O)(=O)N2CCN(C(=O)Nc3ccccc3)CC2)cc1. The molecule has 0 saturated carbocycles. The summed E-state index contributed by atoms with van der Waals surface area (Å²) in [5, 5.41) is 2.80. The molecule has 2 aromatic rings. The van der Waals surface area contributed by atoms with Crippen LogP contribution in [-0.4, -0.2) is 55.6 Å². The van der Waals surface area contributed by atoms with Gasteiger partial charge in [-0.25, -0.2) is 13.2 Å². The van der Waals surface area contributed by atoms with Gasteiger partial charge in [-0.3, -0.25) is 4.79 Å². The molecule has 1 fully saturated rings. The maximum atomic E-state index is 12.8. The molecule has 3 rings (SSSR count). The number of anilines is 1. The number of nitrogens with zero attached hydrogens (tertiary/aromatic N) is 2. The minimum atomic E-state index is -3.65. The second-order valence-electron chi connectivity index (χ2n) is 6.27. The predicted molar refractivity (Wildman–Crippen MR) is 102 cm³/mol. The van der Waals surface area contributed by atoms with E-state index in [1.165, 1.54) is 35.5 Å². The lowest BCUT2D eigenvalue weighted by Crippen LogP contribution is -2.51. The van der Waals surface area contributed by atoms with Gasteiger partial charge in [-0.2, -0.15) is 4.31 Å². The van der Waals surface area contributed by atoms with Crippen molar-refractivity contribution in [3.05, 3.63) is 60.2 Å². The topological polar surface area (TPSA) is 86.8 Å². The minimum absolute atomic E-state index is 0.114. The fourth-order valence-electron chi connectivity index (χ4n) is 2.87. The first kappa shape index (κ1) is 19.1. The van der Waals surface area contributed by atoms with Gasteiger partial charge in [0.25, 0.3) is 0 Å². The molecular formula is C19H21N3O4S. The van der Waals surface area contributed by atoms with Gasteiger partial charge in [0.15, 0.2) is 5.78 Å². The second kappa shape index (κ2) is 7.89. The van der Waals surface area contributed by atoms with E-state index in [0.717, 1.165) is 0 Å². The van der Waals surface area contributed by atoms with Crippen molar-refractivity contribution in [3.63, 3.8) is 0 Å². The van der Waals surface area contributed by atoms with Crippen molar-refractivity contribution < 1.29 is 18.0 Å². The first-order valence-corrected chi connectivity index (χ1v) is 10.0. The summed E-state index contributed by atoms with van der Waals surface area (Å²) >= 11 is 0. The summed E-state index contributed by atoms with van der Waals surface area (Å²) in [6.45, 7) is 2.49. The highest BCUT2D eigenvalue weighted by atomic mass is 32.2. The van der Waals surface area contributed by atoms with Crippen LogP contribution in [0.5, 0.6) is 0 Å². The van der Waals surface area contributed by atoms with Gasteiger partial charge in [-0.05, 0) is 31.2 Å². The van der Waals surface area contributed by atoms with Gasteiger partial charge in [0.1, 0.15) is 0 Å². The molecule has 27 heavy (non-hydrogen) atoms. The van der Waals surface area contributed by atoms with Crippen LogP contribution < -0.4 is 5.32 Å². The molecule has 1 saturated heterocycles. The molecule has 1 N–H and O–H groups in total. The van der Waals surface area contributed by atoms with Crippen molar-refractivity contribution in [1.29, 1.82) is 0 Å². The normalized spacial score (nSPS) is 15.4. The third kappa shape index (κ3) is 4.35. The maximum Gasteiger partial charge on any atom is 0.321 e. The zero-order valence-electron chi connectivity index (χ0n) is 15.0. The number of nitrogens with one attached hydrogen (secondary N) is 1. The molecule has 0 radical (unpaired) electrons. The number of para-hydroxylation sites is 1. The Bertz CT molecular complexity index is 919. The Kier molecular flexibility index (Phi) is 5.57. The van der Waals surface area contributed by atoms with E-state index < -0.39 is 10.0 Å². The number of amides is 2. The Labute approximate surface area is 158 Å². The summed E-state index contributed by atoms with van der Waals surface area (Å²) in [6.07, 6.45) is 0. The number of urea groups is 1. The lowest BCUT2D eigenvalue weighted by molar-refractivity contribution is 0.101. The molecule has 0 bridgehead atoms. The number of hydrogen-bond donors (Lipinski definition) is 1. The Hall–Kier alpha value is -2.71. The lowest BCUT2D eigenvalue weighted by atomic mass is 10.2. The molecule has 0 aliphatic carbocycles. The van der Waals surface area contributed by atoms with Crippen LogP contribution in [0.2, 0.25) is 0 Å². The first-order valence-electron chi connectivity index (χ1n) is 8.60. The number of carbonyl (C=O) groups excluding carboxylic acids is 2. The number of carbonyl (C=O) groups is 2. The summed E-state index contributed by atoms with van der Waals surface area (Å²) < 4.78 is 26.9. The molecule has 2 amide bonds. The fraction of sp³-hybridized carbons (Fsp3) is 0.263. The molecule has 1 aliphatic rings. The average Bonchev–Trinajstić information content (AvgIpc) is 2.69. The Balaban J connectivity index is 1.62. The van der Waals surface area contributed by atoms with Gasteiger partial charge in [0.05, 0.1) is 4.90 Å². The van der Waals surface area contributed by atoms with Crippen molar-refractivity contribution in [2.75, 3.05) is 31.5 Å². The van der Waals surface area contributed by atoms with Gasteiger partial charge < -0.3 is 10.2 Å². The second-order valence-corrected chi connectivity index (χ2v) is 8.21. The van der Waals surface area contributed by atoms with Crippen LogP contribution in [0.1, 0.15) is 17.3 Å². The van der Waals surface area contributed by atoms with E-state index in [2.05, 4.69) is 5.32 Å². The van der Waals surface area contributed by atoms with Crippen LogP contribution >= 0.6 is 0 Å². The van der Waals surface area contributed by atoms with E-state index >= 15 is 0 Å². The van der Waals surface area contributed by atoms with Gasteiger partial charge in [-0.15, -0.1) is 0 Å². The standard InChI is InChI=1S/C19H21N3O4S/c1-15(23)16-7-9-18(10-8-16)27(25,26)22-13-11-21(12-14-22)19(24)20-17-5-3-2-4-6-17/h2-10H,11-14H2,1H3,(H,20,24). The van der Waals surface area contributed by atoms with Crippen LogP contribution in [0, 0.1) is 0 Å². The average molecular weight is 387 g/mol. The Morgan fingerprint density at radius 2 is 1.48 bits per heavy atom. The number of benzene rings is 2. The lowest BCUT2D eigenvalue weighted by Gasteiger charge is -2.34. The highest BCUT2D eigenvalue weighted by molar-refractivity contribution is 7.89. The summed E-state index contributed by atoms with van der Waals surface area (Å²) in [6, 6.07) is 14.8. The van der Waals surface area contributed by atoms with E-state index in [0.29, 0.717) is 24.3 Å². The molecule has 0 spiro atoms. The fourth-order valence-corrected chi connectivity index (χ4v) is 4.29. The zero-order chi connectivity index (χ0) is 19.4. The van der Waals surface area contributed by atoms with Gasteiger partial charge in [0, 0.05) is 37.4 Å². The van der Waals surface area contributed by atoms with Crippen molar-refractivity contribution in [3.8, 4) is 0 Å². The number of piperazine rings is 1. The van der Waals surface area contributed by atoms with Gasteiger partial charge in [0.2, 0.25) is 10.0 Å². The highest BCUT2D eigenvalue weighted by Crippen LogP contribution is 2.19.